The minimum Gasteiger partial charge on any atom is -0.377 e. The third-order valence-corrected chi connectivity index (χ3v) is 2.28. The minimum absolute atomic E-state index is 0.197. The minimum atomic E-state index is 0.197. The van der Waals surface area contributed by atoms with Crippen molar-refractivity contribution in [1.82, 2.24) is 5.43 Å². The number of nitrogens with two attached hydrogens (primary N) is 1. The summed E-state index contributed by atoms with van der Waals surface area (Å²) >= 11 is 0. The Hall–Kier alpha value is -0.560. The fourth-order valence-electron chi connectivity index (χ4n) is 1.53. The van der Waals surface area contributed by atoms with Gasteiger partial charge in [-0.25, -0.2) is 0 Å². The Balaban J connectivity index is 3.88. The highest BCUT2D eigenvalue weighted by atomic mass is 16.5. The van der Waals surface area contributed by atoms with E-state index in [1.807, 2.05) is 6.92 Å². The summed E-state index contributed by atoms with van der Waals surface area (Å²) in [4.78, 5) is 0. The number of hydrazine groups is 1. The summed E-state index contributed by atoms with van der Waals surface area (Å²) in [6.45, 7) is 4.83. The van der Waals surface area contributed by atoms with Gasteiger partial charge < -0.3 is 4.74 Å². The maximum atomic E-state index is 5.58. The van der Waals surface area contributed by atoms with Crippen LogP contribution in [0.1, 0.15) is 39.5 Å². The zero-order chi connectivity index (χ0) is 10.8. The van der Waals surface area contributed by atoms with Crippen LogP contribution in [0, 0.1) is 12.3 Å². The molecule has 2 unspecified atom stereocenters. The fraction of sp³-hybridized carbons (Fsp3) is 0.818. The van der Waals surface area contributed by atoms with Crippen molar-refractivity contribution in [3.05, 3.63) is 0 Å². The van der Waals surface area contributed by atoms with Crippen LogP contribution in [-0.2, 0) is 4.74 Å². The van der Waals surface area contributed by atoms with Crippen LogP contribution >= 0.6 is 0 Å². The van der Waals surface area contributed by atoms with Gasteiger partial charge in [0.05, 0.1) is 6.10 Å². The molecule has 3 heteroatoms. The molecule has 0 aliphatic heterocycles. The molecule has 2 atom stereocenters. The average Bonchev–Trinajstić information content (AvgIpc) is 2.22. The molecule has 0 heterocycles. The molecule has 3 N–H and O–H groups in total. The van der Waals surface area contributed by atoms with Crippen molar-refractivity contribution in [2.24, 2.45) is 5.84 Å². The number of hydrogen-bond donors (Lipinski definition) is 2. The lowest BCUT2D eigenvalue weighted by Crippen LogP contribution is -2.45. The smallest absolute Gasteiger partial charge is 0.0738 e. The van der Waals surface area contributed by atoms with E-state index >= 15 is 0 Å². The van der Waals surface area contributed by atoms with Gasteiger partial charge in [-0.2, -0.15) is 0 Å². The van der Waals surface area contributed by atoms with E-state index in [-0.39, 0.29) is 12.1 Å². The Morgan fingerprint density at radius 2 is 2.21 bits per heavy atom. The van der Waals surface area contributed by atoms with E-state index in [1.165, 1.54) is 0 Å². The molecule has 0 spiro atoms. The first-order valence-corrected chi connectivity index (χ1v) is 5.31. The van der Waals surface area contributed by atoms with Crippen LogP contribution in [0.2, 0.25) is 0 Å². The van der Waals surface area contributed by atoms with E-state index in [2.05, 4.69) is 18.3 Å². The molecule has 14 heavy (non-hydrogen) atoms. The van der Waals surface area contributed by atoms with Gasteiger partial charge in [-0.1, -0.05) is 6.92 Å². The Kier molecular flexibility index (Phi) is 8.65. The third-order valence-electron chi connectivity index (χ3n) is 2.28. The predicted octanol–water partition coefficient (Wildman–Crippen LogP) is 1.44. The summed E-state index contributed by atoms with van der Waals surface area (Å²) in [6.07, 6.45) is 9.13. The van der Waals surface area contributed by atoms with Crippen molar-refractivity contribution in [1.29, 1.82) is 0 Å². The summed E-state index contributed by atoms with van der Waals surface area (Å²) in [6, 6.07) is 0.216. The fourth-order valence-corrected chi connectivity index (χ4v) is 1.53. The van der Waals surface area contributed by atoms with Gasteiger partial charge >= 0.3 is 0 Å². The van der Waals surface area contributed by atoms with Crippen molar-refractivity contribution in [3.8, 4) is 12.3 Å². The lowest BCUT2D eigenvalue weighted by atomic mass is 10.0. The molecule has 0 saturated carbocycles. The summed E-state index contributed by atoms with van der Waals surface area (Å²) in [5.74, 6) is 8.11. The molecule has 0 fully saturated rings. The zero-order valence-electron chi connectivity index (χ0n) is 9.25. The maximum absolute atomic E-state index is 5.58. The second kappa shape index (κ2) is 9.01. The summed E-state index contributed by atoms with van der Waals surface area (Å²) in [7, 11) is 0. The zero-order valence-corrected chi connectivity index (χ0v) is 9.25. The van der Waals surface area contributed by atoms with E-state index < -0.39 is 0 Å². The van der Waals surface area contributed by atoms with Crippen LogP contribution in [0.3, 0.4) is 0 Å². The number of nitrogens with one attached hydrogen (secondary N) is 1. The van der Waals surface area contributed by atoms with Gasteiger partial charge in [0.15, 0.2) is 0 Å². The highest BCUT2D eigenvalue weighted by molar-refractivity contribution is 4.84. The van der Waals surface area contributed by atoms with Crippen LogP contribution in [-0.4, -0.2) is 18.8 Å². The van der Waals surface area contributed by atoms with Gasteiger partial charge in [0.25, 0.3) is 0 Å². The molecule has 3 nitrogen and oxygen atoms in total. The molecule has 0 aliphatic carbocycles. The molecular formula is C11H22N2O. The molecular weight excluding hydrogens is 176 g/mol. The molecule has 0 saturated heterocycles. The Morgan fingerprint density at radius 3 is 2.64 bits per heavy atom. The molecule has 0 aliphatic rings. The van der Waals surface area contributed by atoms with Crippen molar-refractivity contribution in [3.63, 3.8) is 0 Å². The standard InChI is InChI=1S/C11H22N2O/c1-4-7-8-9-10(13-12)11(5-2)14-6-3/h1,10-11,13H,5-9,12H2,2-3H3. The van der Waals surface area contributed by atoms with Gasteiger partial charge in [0.2, 0.25) is 0 Å². The summed E-state index contributed by atoms with van der Waals surface area (Å²) in [5.41, 5.74) is 2.80. The lowest BCUT2D eigenvalue weighted by Gasteiger charge is -2.25. The van der Waals surface area contributed by atoms with Gasteiger partial charge in [-0.05, 0) is 26.2 Å². The van der Waals surface area contributed by atoms with Gasteiger partial charge in [-0.3, -0.25) is 11.3 Å². The van der Waals surface area contributed by atoms with Crippen molar-refractivity contribution in [2.75, 3.05) is 6.61 Å². The highest BCUT2D eigenvalue weighted by Crippen LogP contribution is 2.10. The average molecular weight is 198 g/mol. The van der Waals surface area contributed by atoms with Crippen molar-refractivity contribution >= 4 is 0 Å². The van der Waals surface area contributed by atoms with Crippen LogP contribution in [0.5, 0.6) is 0 Å². The topological polar surface area (TPSA) is 47.3 Å². The first-order valence-electron chi connectivity index (χ1n) is 5.31. The second-order valence-corrected chi connectivity index (χ2v) is 3.27. The van der Waals surface area contributed by atoms with E-state index in [4.69, 9.17) is 17.0 Å². The van der Waals surface area contributed by atoms with E-state index in [9.17, 15) is 0 Å². The molecule has 0 radical (unpaired) electrons. The molecule has 0 rings (SSSR count). The lowest BCUT2D eigenvalue weighted by molar-refractivity contribution is 0.0292. The molecule has 82 valence electrons. The molecule has 0 aromatic heterocycles. The molecule has 0 amide bonds. The van der Waals surface area contributed by atoms with Crippen molar-refractivity contribution in [2.45, 2.75) is 51.7 Å². The van der Waals surface area contributed by atoms with Crippen molar-refractivity contribution < 1.29 is 4.74 Å². The van der Waals surface area contributed by atoms with Crippen LogP contribution in [0.15, 0.2) is 0 Å². The van der Waals surface area contributed by atoms with E-state index in [1.54, 1.807) is 0 Å². The Bertz CT molecular complexity index is 165. The molecule has 0 aromatic rings. The van der Waals surface area contributed by atoms with E-state index in [0.717, 1.165) is 32.3 Å². The number of terminal acetylenes is 1. The SMILES string of the molecule is C#CCCCC(NN)C(CC)OCC. The molecule has 0 aromatic carbocycles. The Morgan fingerprint density at radius 1 is 1.50 bits per heavy atom. The number of ether oxygens (including phenoxy) is 1. The first kappa shape index (κ1) is 13.4. The summed E-state index contributed by atoms with van der Waals surface area (Å²) < 4.78 is 5.58. The van der Waals surface area contributed by atoms with Crippen LogP contribution in [0.25, 0.3) is 0 Å². The molecule has 0 bridgehead atoms. The van der Waals surface area contributed by atoms with Crippen LogP contribution in [0.4, 0.5) is 0 Å². The summed E-state index contributed by atoms with van der Waals surface area (Å²) in [5, 5.41) is 0. The third kappa shape index (κ3) is 5.23. The quantitative estimate of drug-likeness (QED) is 0.268. The monoisotopic (exact) mass is 198 g/mol. The van der Waals surface area contributed by atoms with Gasteiger partial charge in [0, 0.05) is 19.1 Å². The number of hydrogen-bond acceptors (Lipinski definition) is 3. The first-order chi connectivity index (χ1) is 6.79. The maximum Gasteiger partial charge on any atom is 0.0738 e. The van der Waals surface area contributed by atoms with Crippen LogP contribution < -0.4 is 11.3 Å². The second-order valence-electron chi connectivity index (χ2n) is 3.27. The Labute approximate surface area is 87.4 Å². The van der Waals surface area contributed by atoms with Gasteiger partial charge in [-0.15, -0.1) is 12.3 Å². The normalized spacial score (nSPS) is 14.7. The largest absolute Gasteiger partial charge is 0.377 e. The highest BCUT2D eigenvalue weighted by Gasteiger charge is 2.17. The van der Waals surface area contributed by atoms with E-state index in [0.29, 0.717) is 0 Å². The predicted molar refractivity (Wildman–Crippen MR) is 59.5 cm³/mol. The number of rotatable bonds is 8. The van der Waals surface area contributed by atoms with Gasteiger partial charge in [0.1, 0.15) is 0 Å². The number of unbranched alkanes of at least 4 members (excludes halogenated alkanes) is 1.